The van der Waals surface area contributed by atoms with E-state index in [2.05, 4.69) is 4.98 Å². The van der Waals surface area contributed by atoms with Crippen molar-refractivity contribution in [2.24, 2.45) is 0 Å². The molecule has 4 nitrogen and oxygen atoms in total. The fraction of sp³-hybridized carbons (Fsp3) is 0.267. The molecule has 1 fully saturated rings. The first-order valence-electron chi connectivity index (χ1n) is 6.47. The van der Waals surface area contributed by atoms with Crippen LogP contribution in [0.25, 0.3) is 0 Å². The normalized spacial score (nSPS) is 13.8. The minimum atomic E-state index is -0.0506. The van der Waals surface area contributed by atoms with Gasteiger partial charge < -0.3 is 4.90 Å². The average molecular weight is 283 g/mol. The fourth-order valence-electron chi connectivity index (χ4n) is 2.06. The summed E-state index contributed by atoms with van der Waals surface area (Å²) in [7, 11) is 0. The molecule has 0 saturated heterocycles. The Morgan fingerprint density at radius 1 is 1.45 bits per heavy atom. The molecule has 0 atom stereocenters. The number of nitrogens with zero attached hydrogens (tertiary/aromatic N) is 3. The summed E-state index contributed by atoms with van der Waals surface area (Å²) >= 11 is 1.66. The molecule has 0 aliphatic heterocycles. The summed E-state index contributed by atoms with van der Waals surface area (Å²) in [4.78, 5) is 19.7. The molecule has 0 N–H and O–H groups in total. The molecular formula is C15H13N3OS. The summed E-state index contributed by atoms with van der Waals surface area (Å²) < 4.78 is 0. The molecule has 1 amide bonds. The van der Waals surface area contributed by atoms with E-state index in [0.29, 0.717) is 23.8 Å². The Morgan fingerprint density at radius 2 is 2.30 bits per heavy atom. The Balaban J connectivity index is 1.79. The molecule has 1 aliphatic rings. The van der Waals surface area contributed by atoms with Crippen molar-refractivity contribution >= 4 is 17.2 Å². The third-order valence-corrected chi connectivity index (χ3v) is 4.13. The van der Waals surface area contributed by atoms with Gasteiger partial charge in [0.25, 0.3) is 5.91 Å². The Morgan fingerprint density at radius 3 is 2.85 bits per heavy atom. The number of hydrogen-bond acceptors (Lipinski definition) is 4. The first-order chi connectivity index (χ1) is 9.78. The maximum absolute atomic E-state index is 12.5. The van der Waals surface area contributed by atoms with Gasteiger partial charge in [-0.3, -0.25) is 4.79 Å². The molecule has 2 aromatic heterocycles. The zero-order chi connectivity index (χ0) is 13.9. The van der Waals surface area contributed by atoms with Gasteiger partial charge in [-0.05, 0) is 36.4 Å². The van der Waals surface area contributed by atoms with E-state index in [1.165, 1.54) is 11.1 Å². The van der Waals surface area contributed by atoms with Crippen LogP contribution < -0.4 is 0 Å². The van der Waals surface area contributed by atoms with Gasteiger partial charge in [0.2, 0.25) is 0 Å². The first-order valence-corrected chi connectivity index (χ1v) is 7.35. The van der Waals surface area contributed by atoms with Gasteiger partial charge in [-0.2, -0.15) is 5.26 Å². The summed E-state index contributed by atoms with van der Waals surface area (Å²) in [5.74, 6) is -0.0506. The van der Waals surface area contributed by atoms with Gasteiger partial charge >= 0.3 is 0 Å². The van der Waals surface area contributed by atoms with Gasteiger partial charge in [-0.1, -0.05) is 6.07 Å². The van der Waals surface area contributed by atoms with Crippen molar-refractivity contribution in [3.8, 4) is 6.07 Å². The second-order valence-electron chi connectivity index (χ2n) is 4.79. The lowest BCUT2D eigenvalue weighted by atomic mass is 10.2. The number of amides is 1. The lowest BCUT2D eigenvalue weighted by Gasteiger charge is -2.21. The van der Waals surface area contributed by atoms with Gasteiger partial charge in [-0.15, -0.1) is 11.3 Å². The van der Waals surface area contributed by atoms with Crippen molar-refractivity contribution in [3.63, 3.8) is 0 Å². The van der Waals surface area contributed by atoms with E-state index in [9.17, 15) is 4.79 Å². The lowest BCUT2D eigenvalue weighted by molar-refractivity contribution is 0.0725. The van der Waals surface area contributed by atoms with Crippen LogP contribution in [0.3, 0.4) is 0 Å². The first kappa shape index (κ1) is 12.8. The van der Waals surface area contributed by atoms with Crippen LogP contribution in [0.15, 0.2) is 35.8 Å². The Hall–Kier alpha value is -2.19. The van der Waals surface area contributed by atoms with E-state index in [0.717, 1.165) is 12.8 Å². The smallest absolute Gasteiger partial charge is 0.273 e. The number of hydrogen-bond donors (Lipinski definition) is 0. The van der Waals surface area contributed by atoms with Gasteiger partial charge in [-0.25, -0.2) is 4.98 Å². The second kappa shape index (κ2) is 5.43. The Kier molecular flexibility index (Phi) is 3.48. The number of rotatable bonds is 4. The van der Waals surface area contributed by atoms with Crippen molar-refractivity contribution in [1.82, 2.24) is 9.88 Å². The van der Waals surface area contributed by atoms with Crippen molar-refractivity contribution in [2.75, 3.05) is 0 Å². The van der Waals surface area contributed by atoms with E-state index >= 15 is 0 Å². The monoisotopic (exact) mass is 283 g/mol. The zero-order valence-corrected chi connectivity index (χ0v) is 11.6. The minimum absolute atomic E-state index is 0.0506. The zero-order valence-electron chi connectivity index (χ0n) is 10.8. The standard InChI is InChI=1S/C15H13N3OS/c16-8-11-3-6-14(17-9-11)15(19)18(12-4-5-12)10-13-2-1-7-20-13/h1-3,6-7,9,12H,4-5,10H2. The second-order valence-corrected chi connectivity index (χ2v) is 5.82. The maximum Gasteiger partial charge on any atom is 0.273 e. The van der Waals surface area contributed by atoms with Gasteiger partial charge in [0, 0.05) is 17.1 Å². The van der Waals surface area contributed by atoms with Crippen LogP contribution >= 0.6 is 11.3 Å². The lowest BCUT2D eigenvalue weighted by Crippen LogP contribution is -2.32. The van der Waals surface area contributed by atoms with E-state index in [1.807, 2.05) is 28.5 Å². The molecule has 3 rings (SSSR count). The molecule has 0 bridgehead atoms. The highest BCUT2D eigenvalue weighted by Crippen LogP contribution is 2.30. The molecule has 2 aromatic rings. The van der Waals surface area contributed by atoms with Crippen LogP contribution in [0.2, 0.25) is 0 Å². The summed E-state index contributed by atoms with van der Waals surface area (Å²) in [6, 6.07) is 9.65. The highest BCUT2D eigenvalue weighted by atomic mass is 32.1. The van der Waals surface area contributed by atoms with Crippen molar-refractivity contribution < 1.29 is 4.79 Å². The van der Waals surface area contributed by atoms with Crippen LogP contribution in [-0.4, -0.2) is 21.8 Å². The van der Waals surface area contributed by atoms with E-state index in [-0.39, 0.29) is 5.91 Å². The summed E-state index contributed by atoms with van der Waals surface area (Å²) in [5.41, 5.74) is 0.880. The number of carbonyl (C=O) groups excluding carboxylic acids is 1. The minimum Gasteiger partial charge on any atom is -0.329 e. The number of pyridine rings is 1. The fourth-order valence-corrected chi connectivity index (χ4v) is 2.76. The molecule has 0 spiro atoms. The maximum atomic E-state index is 12.5. The number of carbonyl (C=O) groups is 1. The largest absolute Gasteiger partial charge is 0.329 e. The van der Waals surface area contributed by atoms with Crippen LogP contribution in [0.1, 0.15) is 33.8 Å². The van der Waals surface area contributed by atoms with E-state index in [1.54, 1.807) is 23.5 Å². The molecule has 100 valence electrons. The summed E-state index contributed by atoms with van der Waals surface area (Å²) in [6.07, 6.45) is 3.57. The SMILES string of the molecule is N#Cc1ccc(C(=O)N(Cc2cccs2)C2CC2)nc1. The molecule has 1 aliphatic carbocycles. The highest BCUT2D eigenvalue weighted by Gasteiger charge is 2.33. The highest BCUT2D eigenvalue weighted by molar-refractivity contribution is 7.09. The summed E-state index contributed by atoms with van der Waals surface area (Å²) in [5, 5.41) is 10.8. The van der Waals surface area contributed by atoms with Crippen LogP contribution in [-0.2, 0) is 6.54 Å². The number of aromatic nitrogens is 1. The molecule has 0 radical (unpaired) electrons. The van der Waals surface area contributed by atoms with Crippen molar-refractivity contribution in [1.29, 1.82) is 5.26 Å². The average Bonchev–Trinajstić information content (AvgIpc) is 3.21. The summed E-state index contributed by atoms with van der Waals surface area (Å²) in [6.45, 7) is 0.642. The van der Waals surface area contributed by atoms with Crippen LogP contribution in [0, 0.1) is 11.3 Å². The van der Waals surface area contributed by atoms with Gasteiger partial charge in [0.15, 0.2) is 0 Å². The Labute approximate surface area is 121 Å². The van der Waals surface area contributed by atoms with Crippen molar-refractivity contribution in [2.45, 2.75) is 25.4 Å². The molecule has 0 aromatic carbocycles. The van der Waals surface area contributed by atoms with E-state index in [4.69, 9.17) is 5.26 Å². The molecule has 20 heavy (non-hydrogen) atoms. The predicted molar refractivity (Wildman–Crippen MR) is 76.2 cm³/mol. The number of nitriles is 1. The third-order valence-electron chi connectivity index (χ3n) is 3.27. The molecule has 1 saturated carbocycles. The van der Waals surface area contributed by atoms with Crippen LogP contribution in [0.4, 0.5) is 0 Å². The Bertz CT molecular complexity index is 639. The molecular weight excluding hydrogens is 270 g/mol. The number of thiophene rings is 1. The van der Waals surface area contributed by atoms with Gasteiger partial charge in [0.05, 0.1) is 12.1 Å². The molecule has 2 heterocycles. The topological polar surface area (TPSA) is 57.0 Å². The molecule has 5 heteroatoms. The van der Waals surface area contributed by atoms with Crippen molar-refractivity contribution in [3.05, 3.63) is 52.0 Å². The third kappa shape index (κ3) is 2.70. The predicted octanol–water partition coefficient (Wildman–Crippen LogP) is 2.82. The van der Waals surface area contributed by atoms with Crippen LogP contribution in [0.5, 0.6) is 0 Å². The van der Waals surface area contributed by atoms with Gasteiger partial charge in [0.1, 0.15) is 11.8 Å². The quantitative estimate of drug-likeness (QED) is 0.867. The van der Waals surface area contributed by atoms with E-state index < -0.39 is 0 Å². The molecule has 0 unspecified atom stereocenters.